The molecule has 7 aromatic carbocycles. The number of nitrogens with zero attached hydrogens (tertiary/aromatic N) is 4. The number of rotatable bonds is 3. The molecule has 9 aromatic rings. The van der Waals surface area contributed by atoms with Crippen molar-refractivity contribution in [3.05, 3.63) is 146 Å². The van der Waals surface area contributed by atoms with Crippen LogP contribution in [0.2, 0.25) is 0 Å². The molecule has 0 saturated heterocycles. The van der Waals surface area contributed by atoms with Crippen molar-refractivity contribution in [2.45, 2.75) is 0 Å². The number of aromatic nitrogens is 3. The van der Waals surface area contributed by atoms with Gasteiger partial charge in [0, 0.05) is 21.7 Å². The topological polar surface area (TPSA) is 61.6 Å². The van der Waals surface area contributed by atoms with Crippen molar-refractivity contribution in [3.63, 3.8) is 0 Å². The Labute approximate surface area is 291 Å². The fraction of sp³-hybridized carbons (Fsp3) is 0. The zero-order valence-electron chi connectivity index (χ0n) is 26.9. The van der Waals surface area contributed by atoms with Gasteiger partial charge in [-0.15, -0.1) is 0 Å². The van der Waals surface area contributed by atoms with Crippen LogP contribution in [-0.2, 0) is 0 Å². The largest absolute Gasteiger partial charge is 0.453 e. The molecule has 0 aliphatic carbocycles. The van der Waals surface area contributed by atoms with E-state index in [0.717, 1.165) is 107 Å². The van der Waals surface area contributed by atoms with Crippen LogP contribution in [0.25, 0.3) is 61.0 Å². The van der Waals surface area contributed by atoms with Crippen LogP contribution in [0, 0.1) is 0 Å². The van der Waals surface area contributed by atoms with Crippen LogP contribution in [0.4, 0.5) is 17.1 Å². The number of hydrogen-bond donors (Lipinski definition) is 0. The van der Waals surface area contributed by atoms with E-state index in [1.165, 1.54) is 0 Å². The summed E-state index contributed by atoms with van der Waals surface area (Å²) in [5, 5.41) is 3.24. The Kier molecular flexibility index (Phi) is 5.12. The molecule has 2 aromatic heterocycles. The van der Waals surface area contributed by atoms with E-state index in [9.17, 15) is 0 Å². The molecule has 0 radical (unpaired) electrons. The summed E-state index contributed by atoms with van der Waals surface area (Å²) < 4.78 is 21.7. The molecule has 0 fully saturated rings. The van der Waals surface area contributed by atoms with Gasteiger partial charge < -0.3 is 14.2 Å². The lowest BCUT2D eigenvalue weighted by Gasteiger charge is -2.41. The van der Waals surface area contributed by atoms with E-state index >= 15 is 0 Å². The molecule has 7 heteroatoms. The molecule has 0 bridgehead atoms. The van der Waals surface area contributed by atoms with Gasteiger partial charge in [-0.1, -0.05) is 84.9 Å². The van der Waals surface area contributed by atoms with Crippen molar-refractivity contribution < 1.29 is 14.2 Å². The average molecular weight is 657 g/mol. The molecule has 3 aliphatic heterocycles. The first-order valence-electron chi connectivity index (χ1n) is 16.9. The standard InChI is InChI=1S/C44H24N4O3/c1-2-10-25(11-3-1)40-29-13-4-6-14-31(29)45-44(46-40)47-32-15-7-5-12-28(32)30-22-26(20-21-33(30)47)27-23-38-43-39(24-27)51-37-19-9-17-35-42(37)48(43)41-34(49-35)16-8-18-36(41)50-38/h1-24H. The van der Waals surface area contributed by atoms with Crippen LogP contribution >= 0.6 is 0 Å². The highest BCUT2D eigenvalue weighted by molar-refractivity contribution is 6.11. The minimum absolute atomic E-state index is 0.632. The van der Waals surface area contributed by atoms with Gasteiger partial charge in [-0.2, -0.15) is 0 Å². The van der Waals surface area contributed by atoms with E-state index in [2.05, 4.69) is 88.3 Å². The monoisotopic (exact) mass is 656 g/mol. The lowest BCUT2D eigenvalue weighted by atomic mass is 9.98. The van der Waals surface area contributed by atoms with Gasteiger partial charge in [0.15, 0.2) is 34.5 Å². The van der Waals surface area contributed by atoms with Crippen LogP contribution in [0.3, 0.4) is 0 Å². The number of benzene rings is 7. The van der Waals surface area contributed by atoms with Crippen LogP contribution in [0.15, 0.2) is 146 Å². The number of fused-ring (bicyclic) bond motifs is 4. The Morgan fingerprint density at radius 2 is 0.980 bits per heavy atom. The third-order valence-electron chi connectivity index (χ3n) is 10.1. The third-order valence-corrected chi connectivity index (χ3v) is 10.1. The van der Waals surface area contributed by atoms with E-state index in [0.29, 0.717) is 5.95 Å². The minimum atomic E-state index is 0.632. The molecule has 12 rings (SSSR count). The Morgan fingerprint density at radius 3 is 1.71 bits per heavy atom. The fourth-order valence-corrected chi connectivity index (χ4v) is 7.94. The quantitative estimate of drug-likeness (QED) is 0.189. The Hall–Kier alpha value is -7.12. The van der Waals surface area contributed by atoms with Gasteiger partial charge in [-0.3, -0.25) is 9.47 Å². The van der Waals surface area contributed by atoms with Gasteiger partial charge in [0.25, 0.3) is 0 Å². The highest BCUT2D eigenvalue weighted by Crippen LogP contribution is 2.66. The highest BCUT2D eigenvalue weighted by atomic mass is 16.5. The van der Waals surface area contributed by atoms with Crippen molar-refractivity contribution in [1.82, 2.24) is 14.5 Å². The molecule has 0 spiro atoms. The number of hydrogen-bond acceptors (Lipinski definition) is 6. The van der Waals surface area contributed by atoms with Gasteiger partial charge in [-0.05, 0) is 71.8 Å². The van der Waals surface area contributed by atoms with E-state index in [-0.39, 0.29) is 0 Å². The lowest BCUT2D eigenvalue weighted by Crippen LogP contribution is -2.23. The molecule has 7 nitrogen and oxygen atoms in total. The summed E-state index contributed by atoms with van der Waals surface area (Å²) in [6.07, 6.45) is 0. The lowest BCUT2D eigenvalue weighted by molar-refractivity contribution is 0.418. The molecule has 238 valence electrons. The van der Waals surface area contributed by atoms with E-state index in [1.54, 1.807) is 0 Å². The number of para-hydroxylation sites is 4. The third kappa shape index (κ3) is 3.66. The second-order valence-electron chi connectivity index (χ2n) is 13.0. The van der Waals surface area contributed by atoms with E-state index in [1.807, 2.05) is 66.7 Å². The van der Waals surface area contributed by atoms with Gasteiger partial charge in [0.1, 0.15) is 17.1 Å². The first-order valence-corrected chi connectivity index (χ1v) is 16.9. The molecule has 3 aliphatic rings. The van der Waals surface area contributed by atoms with Gasteiger partial charge in [0.2, 0.25) is 5.95 Å². The molecule has 0 unspecified atom stereocenters. The maximum absolute atomic E-state index is 6.59. The highest BCUT2D eigenvalue weighted by Gasteiger charge is 2.41. The van der Waals surface area contributed by atoms with Gasteiger partial charge >= 0.3 is 0 Å². The van der Waals surface area contributed by atoms with Crippen LogP contribution in [0.5, 0.6) is 34.5 Å². The van der Waals surface area contributed by atoms with E-state index < -0.39 is 0 Å². The summed E-state index contributed by atoms with van der Waals surface area (Å²) in [6.45, 7) is 0. The predicted octanol–water partition coefficient (Wildman–Crippen LogP) is 11.8. The molecular weight excluding hydrogens is 633 g/mol. The van der Waals surface area contributed by atoms with Gasteiger partial charge in [-0.25, -0.2) is 9.97 Å². The SMILES string of the molecule is c1ccc(-c2nc(-n3c4ccccc4c4cc(-c5cc6c7c(c5)Oc5cccc8c5N7c5c(cccc5O6)O8)ccc43)nc3ccccc23)cc1. The molecule has 0 amide bonds. The summed E-state index contributed by atoms with van der Waals surface area (Å²) in [4.78, 5) is 12.6. The molecule has 0 atom stereocenters. The van der Waals surface area contributed by atoms with Crippen molar-refractivity contribution in [2.24, 2.45) is 0 Å². The number of anilines is 3. The molecule has 51 heavy (non-hydrogen) atoms. The van der Waals surface area contributed by atoms with Crippen molar-refractivity contribution in [2.75, 3.05) is 4.90 Å². The summed E-state index contributed by atoms with van der Waals surface area (Å²) in [7, 11) is 0. The van der Waals surface area contributed by atoms with Crippen molar-refractivity contribution in [1.29, 1.82) is 0 Å². The zero-order valence-corrected chi connectivity index (χ0v) is 26.9. The molecular formula is C44H24N4O3. The summed E-state index contributed by atoms with van der Waals surface area (Å²) >= 11 is 0. The van der Waals surface area contributed by atoms with E-state index in [4.69, 9.17) is 24.2 Å². The number of ether oxygens (including phenoxy) is 3. The molecule has 5 heterocycles. The average Bonchev–Trinajstić information content (AvgIpc) is 3.51. The fourth-order valence-electron chi connectivity index (χ4n) is 7.94. The smallest absolute Gasteiger partial charge is 0.235 e. The summed E-state index contributed by atoms with van der Waals surface area (Å²) in [5.74, 6) is 5.10. The first-order chi connectivity index (χ1) is 25.3. The van der Waals surface area contributed by atoms with Crippen LogP contribution in [0.1, 0.15) is 0 Å². The normalized spacial score (nSPS) is 13.1. The molecule has 0 N–H and O–H groups in total. The maximum atomic E-state index is 6.59. The Morgan fingerprint density at radius 1 is 0.392 bits per heavy atom. The van der Waals surface area contributed by atoms with Crippen molar-refractivity contribution in [3.8, 4) is 62.8 Å². The predicted molar refractivity (Wildman–Crippen MR) is 200 cm³/mol. The second-order valence-corrected chi connectivity index (χ2v) is 13.0. The maximum Gasteiger partial charge on any atom is 0.235 e. The first kappa shape index (κ1) is 26.8. The Balaban J connectivity index is 1.06. The summed E-state index contributed by atoms with van der Waals surface area (Å²) in [6, 6.07) is 49.6. The second kappa shape index (κ2) is 9.74. The van der Waals surface area contributed by atoms with Crippen molar-refractivity contribution >= 4 is 49.8 Å². The summed E-state index contributed by atoms with van der Waals surface area (Å²) in [5.41, 5.74) is 9.61. The zero-order chi connectivity index (χ0) is 33.2. The molecule has 0 saturated carbocycles. The van der Waals surface area contributed by atoms with Crippen LogP contribution in [-0.4, -0.2) is 14.5 Å². The minimum Gasteiger partial charge on any atom is -0.453 e. The van der Waals surface area contributed by atoms with Crippen LogP contribution < -0.4 is 19.1 Å². The Bertz CT molecular complexity index is 2890. The van der Waals surface area contributed by atoms with Gasteiger partial charge in [0.05, 0.1) is 22.2 Å².